The summed E-state index contributed by atoms with van der Waals surface area (Å²) in [7, 11) is 1.80. The highest BCUT2D eigenvalue weighted by molar-refractivity contribution is 5.94. The van der Waals surface area contributed by atoms with Crippen LogP contribution in [0.15, 0.2) is 12.1 Å². The van der Waals surface area contributed by atoms with E-state index >= 15 is 0 Å². The molecule has 16 heavy (non-hydrogen) atoms. The molecule has 0 atom stereocenters. The molecular formula is C12H19N3O. The zero-order valence-corrected chi connectivity index (χ0v) is 10.1. The van der Waals surface area contributed by atoms with Gasteiger partial charge < -0.3 is 10.6 Å². The van der Waals surface area contributed by atoms with E-state index in [2.05, 4.69) is 15.6 Å². The van der Waals surface area contributed by atoms with Gasteiger partial charge in [0, 0.05) is 24.8 Å². The Bertz CT molecular complexity index is 341. The lowest BCUT2D eigenvalue weighted by molar-refractivity contribution is 0.0953. The molecule has 1 amide bonds. The molecule has 0 aliphatic rings. The molecule has 0 radical (unpaired) electrons. The molecule has 88 valence electrons. The molecule has 0 saturated heterocycles. The van der Waals surface area contributed by atoms with E-state index in [0.717, 1.165) is 24.4 Å². The molecular weight excluding hydrogens is 202 g/mol. The van der Waals surface area contributed by atoms with Gasteiger partial charge in [-0.05, 0) is 25.0 Å². The van der Waals surface area contributed by atoms with Crippen LogP contribution in [0.1, 0.15) is 36.3 Å². The van der Waals surface area contributed by atoms with Crippen LogP contribution in [0.4, 0.5) is 5.82 Å². The normalized spacial score (nSPS) is 9.94. The fourth-order valence-corrected chi connectivity index (χ4v) is 1.37. The molecule has 0 aliphatic carbocycles. The van der Waals surface area contributed by atoms with Crippen molar-refractivity contribution in [3.8, 4) is 0 Å². The minimum Gasteiger partial charge on any atom is -0.373 e. The Morgan fingerprint density at radius 1 is 1.38 bits per heavy atom. The molecule has 0 unspecified atom stereocenters. The van der Waals surface area contributed by atoms with E-state index in [9.17, 15) is 4.79 Å². The number of pyridine rings is 1. The summed E-state index contributed by atoms with van der Waals surface area (Å²) in [6.45, 7) is 4.76. The summed E-state index contributed by atoms with van der Waals surface area (Å²) in [5, 5.41) is 5.82. The van der Waals surface area contributed by atoms with Crippen LogP contribution in [-0.4, -0.2) is 24.5 Å². The van der Waals surface area contributed by atoms with Crippen LogP contribution in [0.5, 0.6) is 0 Å². The Hall–Kier alpha value is -1.58. The van der Waals surface area contributed by atoms with Gasteiger partial charge in [-0.25, -0.2) is 4.98 Å². The van der Waals surface area contributed by atoms with Gasteiger partial charge in [-0.1, -0.05) is 13.8 Å². The molecule has 0 spiro atoms. The predicted octanol–water partition coefficient (Wildman–Crippen LogP) is 1.83. The van der Waals surface area contributed by atoms with Crippen molar-refractivity contribution in [1.29, 1.82) is 0 Å². The van der Waals surface area contributed by atoms with Gasteiger partial charge in [0.05, 0.1) is 0 Å². The molecule has 0 saturated carbocycles. The van der Waals surface area contributed by atoms with Gasteiger partial charge in [-0.15, -0.1) is 0 Å². The molecule has 4 heteroatoms. The zero-order chi connectivity index (χ0) is 12.0. The summed E-state index contributed by atoms with van der Waals surface area (Å²) in [5.41, 5.74) is 1.60. The Kier molecular flexibility index (Phi) is 4.76. The minimum absolute atomic E-state index is 0.0320. The Balaban J connectivity index is 2.89. The third-order valence-electron chi connectivity index (χ3n) is 2.29. The number of amides is 1. The Labute approximate surface area is 96.5 Å². The van der Waals surface area contributed by atoms with Gasteiger partial charge in [-0.3, -0.25) is 4.79 Å². The number of aromatic nitrogens is 1. The van der Waals surface area contributed by atoms with E-state index < -0.39 is 0 Å². The number of hydrogen-bond donors (Lipinski definition) is 2. The topological polar surface area (TPSA) is 54.0 Å². The lowest BCUT2D eigenvalue weighted by atomic mass is 10.2. The van der Waals surface area contributed by atoms with Crippen LogP contribution in [0, 0.1) is 0 Å². The van der Waals surface area contributed by atoms with Crippen LogP contribution >= 0.6 is 0 Å². The van der Waals surface area contributed by atoms with E-state index in [4.69, 9.17) is 0 Å². The number of rotatable bonds is 5. The van der Waals surface area contributed by atoms with Crippen molar-refractivity contribution in [2.45, 2.75) is 26.7 Å². The van der Waals surface area contributed by atoms with Crippen molar-refractivity contribution in [3.63, 3.8) is 0 Å². The second-order valence-electron chi connectivity index (χ2n) is 3.59. The van der Waals surface area contributed by atoms with Crippen molar-refractivity contribution < 1.29 is 4.79 Å². The molecule has 0 aromatic carbocycles. The Morgan fingerprint density at radius 3 is 2.69 bits per heavy atom. The van der Waals surface area contributed by atoms with Crippen LogP contribution in [0.25, 0.3) is 0 Å². The van der Waals surface area contributed by atoms with Crippen molar-refractivity contribution in [1.82, 2.24) is 10.3 Å². The lowest BCUT2D eigenvalue weighted by Gasteiger charge is -2.07. The maximum Gasteiger partial charge on any atom is 0.251 e. The maximum absolute atomic E-state index is 11.8. The van der Waals surface area contributed by atoms with Crippen LogP contribution in [-0.2, 0) is 6.42 Å². The zero-order valence-electron chi connectivity index (χ0n) is 10.1. The number of nitrogens with zero attached hydrogens (tertiary/aromatic N) is 1. The first kappa shape index (κ1) is 12.5. The van der Waals surface area contributed by atoms with E-state index in [1.165, 1.54) is 0 Å². The smallest absolute Gasteiger partial charge is 0.251 e. The molecule has 4 nitrogen and oxygen atoms in total. The van der Waals surface area contributed by atoms with E-state index in [0.29, 0.717) is 12.1 Å². The second-order valence-corrected chi connectivity index (χ2v) is 3.59. The average Bonchev–Trinajstić information content (AvgIpc) is 2.35. The summed E-state index contributed by atoms with van der Waals surface area (Å²) in [4.78, 5) is 16.1. The van der Waals surface area contributed by atoms with Gasteiger partial charge >= 0.3 is 0 Å². The van der Waals surface area contributed by atoms with Crippen molar-refractivity contribution >= 4 is 11.7 Å². The molecule has 0 bridgehead atoms. The monoisotopic (exact) mass is 221 g/mol. The second kappa shape index (κ2) is 6.10. The lowest BCUT2D eigenvalue weighted by Crippen LogP contribution is -2.24. The van der Waals surface area contributed by atoms with Gasteiger partial charge in [0.15, 0.2) is 0 Å². The summed E-state index contributed by atoms with van der Waals surface area (Å²) in [6.07, 6.45) is 1.76. The van der Waals surface area contributed by atoms with Crippen LogP contribution < -0.4 is 10.6 Å². The highest BCUT2D eigenvalue weighted by Gasteiger charge is 2.07. The van der Waals surface area contributed by atoms with Gasteiger partial charge in [0.1, 0.15) is 5.82 Å². The van der Waals surface area contributed by atoms with Crippen molar-refractivity contribution in [2.75, 3.05) is 18.9 Å². The largest absolute Gasteiger partial charge is 0.373 e. The van der Waals surface area contributed by atoms with Gasteiger partial charge in [-0.2, -0.15) is 0 Å². The Morgan fingerprint density at radius 2 is 2.12 bits per heavy atom. The SMILES string of the molecule is CCCNC(=O)c1cc(CC)nc(NC)c1. The molecule has 0 fully saturated rings. The number of aryl methyl sites for hydroxylation is 1. The molecule has 0 aliphatic heterocycles. The molecule has 1 rings (SSSR count). The molecule has 1 heterocycles. The van der Waals surface area contributed by atoms with E-state index in [1.54, 1.807) is 13.1 Å². The van der Waals surface area contributed by atoms with Crippen molar-refractivity contribution in [3.05, 3.63) is 23.4 Å². The third kappa shape index (κ3) is 3.22. The van der Waals surface area contributed by atoms with E-state index in [-0.39, 0.29) is 5.91 Å². The first-order chi connectivity index (χ1) is 7.71. The minimum atomic E-state index is -0.0320. The highest BCUT2D eigenvalue weighted by Crippen LogP contribution is 2.10. The summed E-state index contributed by atoms with van der Waals surface area (Å²) >= 11 is 0. The first-order valence-corrected chi connectivity index (χ1v) is 5.68. The molecule has 2 N–H and O–H groups in total. The van der Waals surface area contributed by atoms with Crippen molar-refractivity contribution in [2.24, 2.45) is 0 Å². The number of hydrogen-bond acceptors (Lipinski definition) is 3. The standard InChI is InChI=1S/C12H19N3O/c1-4-6-14-12(16)9-7-10(5-2)15-11(8-9)13-3/h7-8H,4-6H2,1-3H3,(H,13,15)(H,14,16). The summed E-state index contributed by atoms with van der Waals surface area (Å²) in [6, 6.07) is 3.61. The fourth-order valence-electron chi connectivity index (χ4n) is 1.37. The fraction of sp³-hybridized carbons (Fsp3) is 0.500. The maximum atomic E-state index is 11.8. The highest BCUT2D eigenvalue weighted by atomic mass is 16.1. The average molecular weight is 221 g/mol. The number of carbonyl (C=O) groups excluding carboxylic acids is 1. The third-order valence-corrected chi connectivity index (χ3v) is 2.29. The number of anilines is 1. The molecule has 1 aromatic heterocycles. The van der Waals surface area contributed by atoms with Crippen LogP contribution in [0.2, 0.25) is 0 Å². The summed E-state index contributed by atoms with van der Waals surface area (Å²) in [5.74, 6) is 0.705. The quantitative estimate of drug-likeness (QED) is 0.797. The summed E-state index contributed by atoms with van der Waals surface area (Å²) < 4.78 is 0. The van der Waals surface area contributed by atoms with Gasteiger partial charge in [0.25, 0.3) is 5.91 Å². The van der Waals surface area contributed by atoms with E-state index in [1.807, 2.05) is 19.9 Å². The number of nitrogens with one attached hydrogen (secondary N) is 2. The van der Waals surface area contributed by atoms with Gasteiger partial charge in [0.2, 0.25) is 0 Å². The molecule has 1 aromatic rings. The first-order valence-electron chi connectivity index (χ1n) is 5.68. The number of carbonyl (C=O) groups is 1. The predicted molar refractivity (Wildman–Crippen MR) is 65.8 cm³/mol. The van der Waals surface area contributed by atoms with Crippen LogP contribution in [0.3, 0.4) is 0 Å².